The summed E-state index contributed by atoms with van der Waals surface area (Å²) in [4.78, 5) is 10.4. The number of carbonyl (C=O) groups is 1. The molecular weight excluding hydrogens is 246 g/mol. The predicted octanol–water partition coefficient (Wildman–Crippen LogP) is 0.837. The van der Waals surface area contributed by atoms with Crippen LogP contribution >= 0.6 is 34.9 Å². The third kappa shape index (κ3) is 3.41. The molecule has 5 nitrogen and oxygen atoms in total. The lowest BCUT2D eigenvalue weighted by Gasteiger charge is -2.03. The maximum Gasteiger partial charge on any atom is 0.321 e. The van der Waals surface area contributed by atoms with E-state index in [1.165, 1.54) is 11.8 Å². The Morgan fingerprint density at radius 2 is 2.50 bits per heavy atom. The third-order valence-electron chi connectivity index (χ3n) is 1.36. The standard InChI is InChI=1S/C6H8ClN3O2S2/c7-5-4(9-10-14-5)2-13-1-3(8)6(11)12/h3H,1-2,8H2,(H,11,12)/t3-/m0/s1. The van der Waals surface area contributed by atoms with Crippen molar-refractivity contribution < 1.29 is 9.90 Å². The van der Waals surface area contributed by atoms with Gasteiger partial charge in [0.05, 0.1) is 0 Å². The molecule has 78 valence electrons. The van der Waals surface area contributed by atoms with Crippen LogP contribution in [-0.2, 0) is 10.5 Å². The fraction of sp³-hybridized carbons (Fsp3) is 0.500. The van der Waals surface area contributed by atoms with E-state index in [0.29, 0.717) is 21.5 Å². The molecule has 0 spiro atoms. The van der Waals surface area contributed by atoms with Crippen molar-refractivity contribution in [2.75, 3.05) is 5.75 Å². The van der Waals surface area contributed by atoms with Gasteiger partial charge in [0.1, 0.15) is 16.1 Å². The van der Waals surface area contributed by atoms with Crippen LogP contribution in [0.15, 0.2) is 0 Å². The minimum Gasteiger partial charge on any atom is -0.480 e. The van der Waals surface area contributed by atoms with Gasteiger partial charge in [-0.15, -0.1) is 5.10 Å². The number of carboxylic acids is 1. The van der Waals surface area contributed by atoms with Crippen LogP contribution in [0.4, 0.5) is 0 Å². The van der Waals surface area contributed by atoms with E-state index in [0.717, 1.165) is 11.5 Å². The SMILES string of the molecule is N[C@@H](CSCc1nnsc1Cl)C(=O)O. The van der Waals surface area contributed by atoms with E-state index in [1.54, 1.807) is 0 Å². The maximum absolute atomic E-state index is 10.4. The first-order valence-electron chi connectivity index (χ1n) is 3.64. The molecule has 0 aliphatic heterocycles. The molecule has 0 fully saturated rings. The predicted molar refractivity (Wildman–Crippen MR) is 56.7 cm³/mol. The van der Waals surface area contributed by atoms with Crippen LogP contribution in [0.5, 0.6) is 0 Å². The van der Waals surface area contributed by atoms with Crippen LogP contribution in [-0.4, -0.2) is 32.5 Å². The first-order chi connectivity index (χ1) is 6.61. The Morgan fingerprint density at radius 1 is 1.79 bits per heavy atom. The molecule has 1 atom stereocenters. The lowest BCUT2D eigenvalue weighted by Crippen LogP contribution is -2.32. The van der Waals surface area contributed by atoms with Crippen LogP contribution < -0.4 is 5.73 Å². The van der Waals surface area contributed by atoms with Crippen molar-refractivity contribution in [3.8, 4) is 0 Å². The van der Waals surface area contributed by atoms with Gasteiger partial charge in [-0.05, 0) is 0 Å². The maximum atomic E-state index is 10.4. The van der Waals surface area contributed by atoms with Gasteiger partial charge in [-0.2, -0.15) is 11.8 Å². The number of carboxylic acid groups (broad SMARTS) is 1. The fourth-order valence-electron chi connectivity index (χ4n) is 0.637. The molecular formula is C6H8ClN3O2S2. The highest BCUT2D eigenvalue weighted by molar-refractivity contribution is 7.98. The van der Waals surface area contributed by atoms with Gasteiger partial charge in [0.15, 0.2) is 0 Å². The van der Waals surface area contributed by atoms with E-state index < -0.39 is 12.0 Å². The lowest BCUT2D eigenvalue weighted by atomic mass is 10.4. The van der Waals surface area contributed by atoms with Crippen molar-refractivity contribution in [1.29, 1.82) is 0 Å². The minimum absolute atomic E-state index is 0.336. The van der Waals surface area contributed by atoms with Gasteiger partial charge in [0, 0.05) is 23.0 Å². The Labute approximate surface area is 93.8 Å². The average Bonchev–Trinajstić information content (AvgIpc) is 2.51. The topological polar surface area (TPSA) is 89.1 Å². The quantitative estimate of drug-likeness (QED) is 0.808. The molecule has 0 bridgehead atoms. The van der Waals surface area contributed by atoms with E-state index in [4.69, 9.17) is 22.4 Å². The number of halogens is 1. The second kappa shape index (κ2) is 5.50. The number of thioether (sulfide) groups is 1. The largest absolute Gasteiger partial charge is 0.480 e. The molecule has 0 saturated carbocycles. The first kappa shape index (κ1) is 11.7. The second-order valence-corrected chi connectivity index (χ2v) is 4.84. The molecule has 0 unspecified atom stereocenters. The van der Waals surface area contributed by atoms with Crippen LogP contribution in [0.3, 0.4) is 0 Å². The summed E-state index contributed by atoms with van der Waals surface area (Å²) in [5, 5.41) is 12.3. The molecule has 14 heavy (non-hydrogen) atoms. The highest BCUT2D eigenvalue weighted by Crippen LogP contribution is 2.21. The zero-order chi connectivity index (χ0) is 10.6. The van der Waals surface area contributed by atoms with Gasteiger partial charge in [0.25, 0.3) is 0 Å². The number of hydrogen-bond acceptors (Lipinski definition) is 6. The number of nitrogens with two attached hydrogens (primary N) is 1. The van der Waals surface area contributed by atoms with E-state index in [-0.39, 0.29) is 0 Å². The van der Waals surface area contributed by atoms with Gasteiger partial charge in [-0.1, -0.05) is 16.1 Å². The summed E-state index contributed by atoms with van der Waals surface area (Å²) >= 11 is 8.24. The zero-order valence-electron chi connectivity index (χ0n) is 7.01. The summed E-state index contributed by atoms with van der Waals surface area (Å²) in [6.07, 6.45) is 0. The van der Waals surface area contributed by atoms with Crippen molar-refractivity contribution in [1.82, 2.24) is 9.59 Å². The Bertz CT molecular complexity index is 320. The highest BCUT2D eigenvalue weighted by Gasteiger charge is 2.12. The van der Waals surface area contributed by atoms with Crippen molar-refractivity contribution >= 4 is 40.9 Å². The van der Waals surface area contributed by atoms with Crippen LogP contribution in [0.1, 0.15) is 5.69 Å². The normalized spacial score (nSPS) is 12.7. The van der Waals surface area contributed by atoms with E-state index in [2.05, 4.69) is 9.59 Å². The van der Waals surface area contributed by atoms with E-state index in [1.807, 2.05) is 0 Å². The summed E-state index contributed by atoms with van der Waals surface area (Å²) in [6, 6.07) is -0.842. The molecule has 0 aliphatic carbocycles. The molecule has 0 aliphatic rings. The molecule has 0 radical (unpaired) electrons. The molecule has 8 heteroatoms. The number of aliphatic carboxylic acids is 1. The Kier molecular flexibility index (Phi) is 4.59. The van der Waals surface area contributed by atoms with Crippen molar-refractivity contribution in [3.63, 3.8) is 0 Å². The highest BCUT2D eigenvalue weighted by atomic mass is 35.5. The van der Waals surface area contributed by atoms with Gasteiger partial charge in [-0.3, -0.25) is 4.79 Å². The van der Waals surface area contributed by atoms with Gasteiger partial charge in [-0.25, -0.2) is 0 Å². The van der Waals surface area contributed by atoms with Gasteiger partial charge in [0.2, 0.25) is 0 Å². The van der Waals surface area contributed by atoms with Crippen LogP contribution in [0.25, 0.3) is 0 Å². The monoisotopic (exact) mass is 253 g/mol. The number of aromatic nitrogens is 2. The summed E-state index contributed by atoms with van der Waals surface area (Å²) in [5.41, 5.74) is 5.99. The summed E-state index contributed by atoms with van der Waals surface area (Å²) < 4.78 is 4.20. The molecule has 0 saturated heterocycles. The molecule has 3 N–H and O–H groups in total. The number of rotatable bonds is 5. The van der Waals surface area contributed by atoms with E-state index in [9.17, 15) is 4.79 Å². The molecule has 1 heterocycles. The number of hydrogen-bond donors (Lipinski definition) is 2. The summed E-state index contributed by atoms with van der Waals surface area (Å²) in [7, 11) is 0. The van der Waals surface area contributed by atoms with Crippen molar-refractivity contribution in [2.45, 2.75) is 11.8 Å². The van der Waals surface area contributed by atoms with Crippen molar-refractivity contribution in [2.24, 2.45) is 5.73 Å². The fourth-order valence-corrected chi connectivity index (χ4v) is 2.34. The van der Waals surface area contributed by atoms with Crippen molar-refractivity contribution in [3.05, 3.63) is 10.0 Å². The first-order valence-corrected chi connectivity index (χ1v) is 5.94. The Balaban J connectivity index is 2.29. The smallest absolute Gasteiger partial charge is 0.321 e. The molecule has 1 aromatic rings. The van der Waals surface area contributed by atoms with Gasteiger partial charge >= 0.3 is 5.97 Å². The average molecular weight is 254 g/mol. The molecule has 0 amide bonds. The van der Waals surface area contributed by atoms with Crippen LogP contribution in [0, 0.1) is 0 Å². The summed E-state index contributed by atoms with van der Waals surface area (Å²) in [6.45, 7) is 0. The summed E-state index contributed by atoms with van der Waals surface area (Å²) in [5.74, 6) is -0.125. The second-order valence-electron chi connectivity index (χ2n) is 2.45. The van der Waals surface area contributed by atoms with E-state index >= 15 is 0 Å². The van der Waals surface area contributed by atoms with Crippen LogP contribution in [0.2, 0.25) is 4.34 Å². The molecule has 1 rings (SSSR count). The van der Waals surface area contributed by atoms with Gasteiger partial charge < -0.3 is 10.8 Å². The number of nitrogens with zero attached hydrogens (tertiary/aromatic N) is 2. The Morgan fingerprint density at radius 3 is 3.00 bits per heavy atom. The molecule has 1 aromatic heterocycles. The zero-order valence-corrected chi connectivity index (χ0v) is 9.40. The molecule has 0 aromatic carbocycles. The minimum atomic E-state index is -1.00. The third-order valence-corrected chi connectivity index (χ3v) is 3.42. The lowest BCUT2D eigenvalue weighted by molar-refractivity contribution is -0.137. The Hall–Kier alpha value is -0.370.